The van der Waals surface area contributed by atoms with Gasteiger partial charge in [0.1, 0.15) is 11.9 Å². The van der Waals surface area contributed by atoms with Crippen molar-refractivity contribution in [2.75, 3.05) is 25.4 Å². The minimum absolute atomic E-state index is 0.00973. The lowest BCUT2D eigenvalue weighted by Crippen LogP contribution is -2.59. The van der Waals surface area contributed by atoms with E-state index in [0.29, 0.717) is 11.3 Å². The van der Waals surface area contributed by atoms with Crippen LogP contribution in [0.2, 0.25) is 0 Å². The molecule has 0 saturated heterocycles. The fourth-order valence-electron chi connectivity index (χ4n) is 5.82. The first-order valence-corrected chi connectivity index (χ1v) is 21.6. The maximum absolute atomic E-state index is 13.8. The Morgan fingerprint density at radius 3 is 2.00 bits per heavy atom. The third kappa shape index (κ3) is 15.6. The molecule has 7 N–H and O–H groups in total. The highest BCUT2D eigenvalue weighted by atomic mass is 32.2. The maximum atomic E-state index is 13.8. The molecule has 3 atom stereocenters. The fourth-order valence-corrected chi connectivity index (χ4v) is 7.98. The molecule has 4 rings (SSSR count). The summed E-state index contributed by atoms with van der Waals surface area (Å²) in [5.74, 6) is -1.40. The summed E-state index contributed by atoms with van der Waals surface area (Å²) in [5, 5.41) is 20.3. The second-order valence-corrected chi connectivity index (χ2v) is 18.9. The number of sulfonamides is 1. The molecule has 0 saturated carbocycles. The molecule has 0 aromatic heterocycles. The van der Waals surface area contributed by atoms with Crippen LogP contribution in [0.25, 0.3) is 0 Å². The number of anilines is 1. The Kier molecular flexibility index (Phi) is 17.5. The summed E-state index contributed by atoms with van der Waals surface area (Å²) >= 11 is 0. The van der Waals surface area contributed by atoms with Gasteiger partial charge in [0, 0.05) is 25.3 Å². The van der Waals surface area contributed by atoms with Gasteiger partial charge < -0.3 is 26.8 Å². The van der Waals surface area contributed by atoms with E-state index in [0.717, 1.165) is 11.1 Å². The van der Waals surface area contributed by atoms with Crippen molar-refractivity contribution in [1.82, 2.24) is 20.3 Å². The zero-order valence-corrected chi connectivity index (χ0v) is 35.4. The van der Waals surface area contributed by atoms with Crippen LogP contribution in [-0.4, -0.2) is 80.4 Å². The molecule has 13 nitrogen and oxygen atoms in total. The highest BCUT2D eigenvalue weighted by molar-refractivity contribution is 7.89. The topological polar surface area (TPSA) is 208 Å². The third-order valence-corrected chi connectivity index (χ3v) is 11.5. The molecule has 0 aliphatic heterocycles. The average molecular weight is 842 g/mol. The smallest absolute Gasteiger partial charge is 0.294 e. The lowest BCUT2D eigenvalue weighted by Gasteiger charge is -2.34. The molecule has 4 aromatic carbocycles. The number of nitrogens with one attached hydrogen (secondary N) is 3. The quantitative estimate of drug-likeness (QED) is 0.0638. The summed E-state index contributed by atoms with van der Waals surface area (Å²) in [6.07, 6.45) is -1.10. The van der Waals surface area contributed by atoms with Crippen molar-refractivity contribution >= 4 is 37.6 Å². The number of carbonyl (C=O) groups excluding carboxylic acids is 2. The number of nitrogens with two attached hydrogens (primary N) is 1. The van der Waals surface area contributed by atoms with E-state index in [1.807, 2.05) is 71.9 Å². The van der Waals surface area contributed by atoms with Gasteiger partial charge in [0.15, 0.2) is 0 Å². The minimum Gasteiger partial charge on any atom is -0.399 e. The van der Waals surface area contributed by atoms with Crippen molar-refractivity contribution in [3.8, 4) is 0 Å². The van der Waals surface area contributed by atoms with Gasteiger partial charge in [-0.05, 0) is 78.3 Å². The molecular formula is C42H56FN5O8S2. The normalized spacial score (nSPS) is 13.6. The van der Waals surface area contributed by atoms with Gasteiger partial charge in [-0.15, -0.1) is 0 Å². The number of carbonyl (C=O) groups is 2. The van der Waals surface area contributed by atoms with E-state index in [-0.39, 0.29) is 54.1 Å². The fraction of sp³-hybridized carbons (Fsp3) is 0.381. The predicted molar refractivity (Wildman–Crippen MR) is 223 cm³/mol. The first-order chi connectivity index (χ1) is 27.1. The summed E-state index contributed by atoms with van der Waals surface area (Å²) < 4.78 is 71.7. The van der Waals surface area contributed by atoms with E-state index in [9.17, 15) is 35.9 Å². The van der Waals surface area contributed by atoms with E-state index >= 15 is 0 Å². The van der Waals surface area contributed by atoms with Crippen molar-refractivity contribution < 1.29 is 40.5 Å². The van der Waals surface area contributed by atoms with Gasteiger partial charge in [0.05, 0.1) is 28.5 Å². The van der Waals surface area contributed by atoms with Crippen LogP contribution >= 0.6 is 0 Å². The standard InChI is InChI=1S/C35H48FN5O5S.C7H8O3S/c1-24(2)22-41(47(45,46)29-16-10-15-28(37)19-29)23-31(42)30(18-25-11-7-6-8-12-25)39-34(44)33(35(3,4)5)40-32(43)21-38-20-26-13-9-14-27(36)17-26;1-6-2-4-7(5-3-6)11(8,9)10/h6-17,19,24,30-31,33,38,42H,18,20-23,37H2,1-5H3,(H,39,44)(H,40,43);2-5H,1H3,(H,8,9,10)/t30-,31+,33+;/m0./s1. The zero-order chi connectivity index (χ0) is 43.3. The van der Waals surface area contributed by atoms with E-state index < -0.39 is 55.6 Å². The maximum Gasteiger partial charge on any atom is 0.294 e. The highest BCUT2D eigenvalue weighted by Crippen LogP contribution is 2.23. The minimum atomic E-state index is -4.04. The molecule has 316 valence electrons. The van der Waals surface area contributed by atoms with Gasteiger partial charge in [-0.1, -0.05) is 101 Å². The Hall–Kier alpha value is -4.71. The molecule has 0 aliphatic rings. The highest BCUT2D eigenvalue weighted by Gasteiger charge is 2.36. The van der Waals surface area contributed by atoms with Gasteiger partial charge in [-0.25, -0.2) is 12.8 Å². The summed E-state index contributed by atoms with van der Waals surface area (Å²) in [6.45, 7) is 11.0. The molecule has 2 amide bonds. The predicted octanol–water partition coefficient (Wildman–Crippen LogP) is 4.71. The van der Waals surface area contributed by atoms with Crippen molar-refractivity contribution in [3.63, 3.8) is 0 Å². The Labute approximate surface area is 342 Å². The Bertz CT molecular complexity index is 2170. The molecule has 0 heterocycles. The Balaban J connectivity index is 0.000000703. The molecule has 0 bridgehead atoms. The second-order valence-electron chi connectivity index (χ2n) is 15.5. The molecule has 58 heavy (non-hydrogen) atoms. The van der Waals surface area contributed by atoms with Gasteiger partial charge in [-0.2, -0.15) is 12.7 Å². The lowest BCUT2D eigenvalue weighted by molar-refractivity contribution is -0.132. The zero-order valence-electron chi connectivity index (χ0n) is 33.7. The largest absolute Gasteiger partial charge is 0.399 e. The Morgan fingerprint density at radius 1 is 0.810 bits per heavy atom. The summed E-state index contributed by atoms with van der Waals surface area (Å²) in [7, 11) is -8.06. The van der Waals surface area contributed by atoms with Crippen molar-refractivity contribution in [2.24, 2.45) is 11.3 Å². The Morgan fingerprint density at radius 2 is 1.43 bits per heavy atom. The number of aliphatic hydroxyl groups is 1. The summed E-state index contributed by atoms with van der Waals surface area (Å²) in [5.41, 5.74) is 7.91. The summed E-state index contributed by atoms with van der Waals surface area (Å²) in [6, 6.07) is 25.4. The lowest BCUT2D eigenvalue weighted by atomic mass is 9.85. The number of hydrogen-bond donors (Lipinski definition) is 6. The third-order valence-electron chi connectivity index (χ3n) is 8.80. The number of aryl methyl sites for hydroxylation is 1. The van der Waals surface area contributed by atoms with Crippen LogP contribution in [0.3, 0.4) is 0 Å². The van der Waals surface area contributed by atoms with Gasteiger partial charge in [0.2, 0.25) is 21.8 Å². The number of amides is 2. The van der Waals surface area contributed by atoms with Crippen LogP contribution in [0.4, 0.5) is 10.1 Å². The van der Waals surface area contributed by atoms with Crippen LogP contribution in [0, 0.1) is 24.1 Å². The molecule has 16 heteroatoms. The van der Waals surface area contributed by atoms with Gasteiger partial charge in [-0.3, -0.25) is 14.1 Å². The van der Waals surface area contributed by atoms with Crippen LogP contribution in [-0.2, 0) is 42.7 Å². The van der Waals surface area contributed by atoms with Gasteiger partial charge in [0.25, 0.3) is 10.1 Å². The second kappa shape index (κ2) is 21.3. The number of nitrogen functional groups attached to an aromatic ring is 1. The summed E-state index contributed by atoms with van der Waals surface area (Å²) in [4.78, 5) is 26.7. The van der Waals surface area contributed by atoms with Crippen molar-refractivity contribution in [3.05, 3.63) is 126 Å². The number of rotatable bonds is 17. The molecule has 4 aromatic rings. The number of nitrogens with zero attached hydrogens (tertiary/aromatic N) is 1. The number of halogens is 1. The number of benzene rings is 4. The molecule has 0 unspecified atom stereocenters. The van der Waals surface area contributed by atoms with Crippen LogP contribution in [0.15, 0.2) is 113 Å². The average Bonchev–Trinajstić information content (AvgIpc) is 3.13. The van der Waals surface area contributed by atoms with E-state index in [2.05, 4.69) is 16.0 Å². The first kappa shape index (κ1) is 47.7. The van der Waals surface area contributed by atoms with E-state index in [1.165, 1.54) is 40.7 Å². The molecule has 0 spiro atoms. The van der Waals surface area contributed by atoms with Crippen molar-refractivity contribution in [2.45, 2.75) is 82.5 Å². The SMILES string of the molecule is CC(C)CN(C[C@@H](O)[C@H](Cc1ccccc1)NC(=O)[C@@H](NC(=O)CNCc1cccc(F)c1)C(C)(C)C)S(=O)(=O)c1cccc(N)c1.Cc1ccc(S(=O)(=O)O)cc1. The first-order valence-electron chi connectivity index (χ1n) is 18.7. The van der Waals surface area contributed by atoms with Crippen LogP contribution in [0.5, 0.6) is 0 Å². The van der Waals surface area contributed by atoms with Crippen LogP contribution in [0.1, 0.15) is 51.3 Å². The molecular weight excluding hydrogens is 786 g/mol. The number of aliphatic hydroxyl groups excluding tert-OH is 1. The van der Waals surface area contributed by atoms with E-state index in [1.54, 1.807) is 36.4 Å². The van der Waals surface area contributed by atoms with E-state index in [4.69, 9.17) is 10.3 Å². The van der Waals surface area contributed by atoms with Gasteiger partial charge >= 0.3 is 0 Å². The molecule has 0 aliphatic carbocycles. The number of hydrogen-bond acceptors (Lipinski definition) is 9. The molecule has 0 fully saturated rings. The van der Waals surface area contributed by atoms with Crippen molar-refractivity contribution in [1.29, 1.82) is 0 Å². The van der Waals surface area contributed by atoms with Crippen LogP contribution < -0.4 is 21.7 Å². The monoisotopic (exact) mass is 841 g/mol. The molecule has 0 radical (unpaired) electrons.